The number of aromatic hydroxyl groups is 2. The van der Waals surface area contributed by atoms with Gasteiger partial charge in [-0.25, -0.2) is 0 Å². The van der Waals surface area contributed by atoms with Crippen molar-refractivity contribution in [3.05, 3.63) is 64.7 Å². The predicted octanol–water partition coefficient (Wildman–Crippen LogP) is 5.01. The second-order valence-electron chi connectivity index (χ2n) is 9.68. The van der Waals surface area contributed by atoms with E-state index in [1.54, 1.807) is 12.1 Å². The molecule has 3 heterocycles. The quantitative estimate of drug-likeness (QED) is 0.480. The second-order valence-corrected chi connectivity index (χ2v) is 9.68. The summed E-state index contributed by atoms with van der Waals surface area (Å²) in [7, 11) is 0. The monoisotopic (exact) mass is 479 g/mol. The molecule has 0 amide bonds. The number of phenolic OH excluding ortho intramolecular Hbond substituents is 2. The van der Waals surface area contributed by atoms with Gasteiger partial charge in [0.1, 0.15) is 11.5 Å². The fourth-order valence-corrected chi connectivity index (χ4v) is 5.64. The number of hydrogen-bond acceptors (Lipinski definition) is 6. The lowest BCUT2D eigenvalue weighted by Gasteiger charge is -2.40. The molecule has 0 saturated carbocycles. The zero-order chi connectivity index (χ0) is 24.4. The summed E-state index contributed by atoms with van der Waals surface area (Å²) in [5.74, 6) is -0.447. The topological polar surface area (TPSA) is 99.5 Å². The Bertz CT molecular complexity index is 1110. The van der Waals surface area contributed by atoms with Gasteiger partial charge in [-0.15, -0.1) is 0 Å². The SMILES string of the molecule is O=C(O)CCC=CC[C@@H]1COC(c2cc3c4c(c2O)CCCN4CCC3)O[C@@H]1c1ccccc1O. The number of hydrogen-bond donors (Lipinski definition) is 3. The van der Waals surface area contributed by atoms with Crippen molar-refractivity contribution in [2.24, 2.45) is 5.92 Å². The molecular formula is C28H33NO6. The Hall–Kier alpha value is -3.03. The Morgan fingerprint density at radius 2 is 1.89 bits per heavy atom. The molecule has 1 saturated heterocycles. The van der Waals surface area contributed by atoms with Crippen molar-refractivity contribution in [2.75, 3.05) is 24.6 Å². The summed E-state index contributed by atoms with van der Waals surface area (Å²) in [5, 5.41) is 30.7. The molecule has 1 unspecified atom stereocenters. The molecule has 3 aliphatic rings. The number of para-hydroxylation sites is 1. The number of rotatable bonds is 7. The van der Waals surface area contributed by atoms with Crippen LogP contribution in [0.3, 0.4) is 0 Å². The summed E-state index contributed by atoms with van der Waals surface area (Å²) in [5.41, 5.74) is 4.79. The van der Waals surface area contributed by atoms with E-state index in [0.29, 0.717) is 30.6 Å². The van der Waals surface area contributed by atoms with Crippen molar-refractivity contribution in [3.63, 3.8) is 0 Å². The highest BCUT2D eigenvalue weighted by Gasteiger charge is 2.37. The number of aryl methyl sites for hydroxylation is 1. The average molecular weight is 480 g/mol. The maximum absolute atomic E-state index is 11.3. The Morgan fingerprint density at radius 3 is 2.69 bits per heavy atom. The van der Waals surface area contributed by atoms with Crippen LogP contribution in [0.25, 0.3) is 0 Å². The number of phenols is 2. The van der Waals surface area contributed by atoms with Gasteiger partial charge in [0.05, 0.1) is 18.3 Å². The van der Waals surface area contributed by atoms with Crippen LogP contribution in [0.5, 0.6) is 11.5 Å². The first-order chi connectivity index (χ1) is 17.0. The molecule has 3 aliphatic heterocycles. The largest absolute Gasteiger partial charge is 0.508 e. The third-order valence-electron chi connectivity index (χ3n) is 7.31. The highest BCUT2D eigenvalue weighted by atomic mass is 16.7. The highest BCUT2D eigenvalue weighted by Crippen LogP contribution is 2.48. The van der Waals surface area contributed by atoms with Crippen LogP contribution in [-0.4, -0.2) is 41.0 Å². The average Bonchev–Trinajstić information content (AvgIpc) is 2.86. The summed E-state index contributed by atoms with van der Waals surface area (Å²) in [6.07, 6.45) is 7.80. The van der Waals surface area contributed by atoms with Crippen LogP contribution in [0.2, 0.25) is 0 Å². The molecule has 0 spiro atoms. The molecule has 0 bridgehead atoms. The van der Waals surface area contributed by atoms with Crippen LogP contribution in [0.1, 0.15) is 66.8 Å². The lowest BCUT2D eigenvalue weighted by Crippen LogP contribution is -2.35. The zero-order valence-electron chi connectivity index (χ0n) is 19.9. The number of ether oxygens (including phenoxy) is 2. The van der Waals surface area contributed by atoms with Gasteiger partial charge in [0.15, 0.2) is 6.29 Å². The number of carboxylic acid groups (broad SMARTS) is 1. The number of nitrogens with zero attached hydrogens (tertiary/aromatic N) is 1. The summed E-state index contributed by atoms with van der Waals surface area (Å²) in [6.45, 7) is 2.46. The Balaban J connectivity index is 1.42. The van der Waals surface area contributed by atoms with Crippen LogP contribution in [-0.2, 0) is 27.1 Å². The van der Waals surface area contributed by atoms with Gasteiger partial charge in [0.2, 0.25) is 0 Å². The van der Waals surface area contributed by atoms with Crippen LogP contribution < -0.4 is 4.90 Å². The molecule has 0 aliphatic carbocycles. The molecule has 5 rings (SSSR count). The van der Waals surface area contributed by atoms with Crippen molar-refractivity contribution in [3.8, 4) is 11.5 Å². The molecule has 0 aromatic heterocycles. The van der Waals surface area contributed by atoms with E-state index >= 15 is 0 Å². The van der Waals surface area contributed by atoms with Crippen molar-refractivity contribution >= 4 is 11.7 Å². The van der Waals surface area contributed by atoms with Gasteiger partial charge in [-0.05, 0) is 56.2 Å². The smallest absolute Gasteiger partial charge is 0.303 e. The van der Waals surface area contributed by atoms with Crippen molar-refractivity contribution in [2.45, 2.75) is 57.3 Å². The molecular weight excluding hydrogens is 446 g/mol. The van der Waals surface area contributed by atoms with Crippen LogP contribution in [0.4, 0.5) is 5.69 Å². The number of aliphatic carboxylic acids is 1. The fourth-order valence-electron chi connectivity index (χ4n) is 5.64. The van der Waals surface area contributed by atoms with E-state index in [9.17, 15) is 15.0 Å². The predicted molar refractivity (Wildman–Crippen MR) is 132 cm³/mol. The maximum atomic E-state index is 11.3. The van der Waals surface area contributed by atoms with Gasteiger partial charge in [0, 0.05) is 42.2 Å². The highest BCUT2D eigenvalue weighted by molar-refractivity contribution is 5.69. The van der Waals surface area contributed by atoms with Crippen molar-refractivity contribution < 1.29 is 29.6 Å². The Morgan fingerprint density at radius 1 is 1.09 bits per heavy atom. The molecule has 7 nitrogen and oxygen atoms in total. The molecule has 1 fully saturated rings. The fraction of sp³-hybridized carbons (Fsp3) is 0.464. The van der Waals surface area contributed by atoms with E-state index in [4.69, 9.17) is 14.6 Å². The number of carbonyl (C=O) groups is 1. The first-order valence-corrected chi connectivity index (χ1v) is 12.6. The van der Waals surface area contributed by atoms with Crippen molar-refractivity contribution in [1.82, 2.24) is 0 Å². The molecule has 2 aromatic carbocycles. The number of anilines is 1. The normalized spacial score (nSPS) is 23.9. The van der Waals surface area contributed by atoms with Gasteiger partial charge in [-0.3, -0.25) is 4.79 Å². The number of benzene rings is 2. The molecule has 0 radical (unpaired) electrons. The molecule has 2 aromatic rings. The summed E-state index contributed by atoms with van der Waals surface area (Å²) in [6, 6.07) is 9.21. The third kappa shape index (κ3) is 4.88. The lowest BCUT2D eigenvalue weighted by molar-refractivity contribution is -0.244. The second kappa shape index (κ2) is 10.3. The van der Waals surface area contributed by atoms with Gasteiger partial charge >= 0.3 is 5.97 Å². The third-order valence-corrected chi connectivity index (χ3v) is 7.31. The molecule has 3 atom stereocenters. The molecule has 3 N–H and O–H groups in total. The summed E-state index contributed by atoms with van der Waals surface area (Å²) < 4.78 is 12.7. The van der Waals surface area contributed by atoms with E-state index in [-0.39, 0.29) is 23.8 Å². The van der Waals surface area contributed by atoms with Crippen molar-refractivity contribution in [1.29, 1.82) is 0 Å². The van der Waals surface area contributed by atoms with E-state index in [0.717, 1.165) is 44.3 Å². The van der Waals surface area contributed by atoms with Crippen LogP contribution in [0.15, 0.2) is 42.5 Å². The summed E-state index contributed by atoms with van der Waals surface area (Å²) >= 11 is 0. The van der Waals surface area contributed by atoms with Gasteiger partial charge in [-0.2, -0.15) is 0 Å². The lowest BCUT2D eigenvalue weighted by atomic mass is 9.88. The van der Waals surface area contributed by atoms with Crippen LogP contribution in [0, 0.1) is 5.92 Å². The Labute approximate surface area is 205 Å². The summed E-state index contributed by atoms with van der Waals surface area (Å²) in [4.78, 5) is 13.2. The minimum atomic E-state index is -0.819. The van der Waals surface area contributed by atoms with E-state index in [2.05, 4.69) is 4.90 Å². The zero-order valence-corrected chi connectivity index (χ0v) is 19.9. The molecule has 186 valence electrons. The molecule has 35 heavy (non-hydrogen) atoms. The number of allylic oxidation sites excluding steroid dienone is 2. The van der Waals surface area contributed by atoms with E-state index < -0.39 is 18.4 Å². The molecule has 7 heteroatoms. The first-order valence-electron chi connectivity index (χ1n) is 12.6. The van der Waals surface area contributed by atoms with Gasteiger partial charge in [0.25, 0.3) is 0 Å². The van der Waals surface area contributed by atoms with Crippen LogP contribution >= 0.6 is 0 Å². The number of carboxylic acids is 1. The Kier molecular flexibility index (Phi) is 6.97. The maximum Gasteiger partial charge on any atom is 0.303 e. The van der Waals surface area contributed by atoms with E-state index in [1.807, 2.05) is 30.4 Å². The first kappa shape index (κ1) is 23.7. The minimum absolute atomic E-state index is 0.0609. The van der Waals surface area contributed by atoms with Gasteiger partial charge in [-0.1, -0.05) is 30.4 Å². The standard InChI is InChI=1S/C28H33NO6/c30-23-12-5-4-10-20(23)27-19(8-2-1-3-13-24(31)32)17-34-28(35-27)22-16-18-9-6-14-29-15-7-11-21(25(18)29)26(22)33/h1-2,4-5,10,12,16,19,27-28,30,33H,3,6-9,11,13-15,17H2,(H,31,32)/t19-,27+,28?/m1/s1. The minimum Gasteiger partial charge on any atom is -0.508 e. The van der Waals surface area contributed by atoms with Gasteiger partial charge < -0.3 is 29.7 Å². The van der Waals surface area contributed by atoms with E-state index in [1.165, 1.54) is 11.3 Å².